The van der Waals surface area contributed by atoms with Gasteiger partial charge in [-0.15, -0.1) is 11.6 Å². The van der Waals surface area contributed by atoms with E-state index < -0.39 is 0 Å². The molecule has 0 aliphatic carbocycles. The molecular formula is C7H14ClNO2. The van der Waals surface area contributed by atoms with E-state index in [4.69, 9.17) is 21.1 Å². The van der Waals surface area contributed by atoms with Gasteiger partial charge in [0.25, 0.3) is 0 Å². The molecule has 1 atom stereocenters. The van der Waals surface area contributed by atoms with Crippen LogP contribution in [0.3, 0.4) is 0 Å². The molecule has 1 heterocycles. The number of likely N-dealkylation sites (N-methyl/N-ethyl adjacent to an activating group) is 1. The van der Waals surface area contributed by atoms with Crippen molar-refractivity contribution in [3.63, 3.8) is 0 Å². The van der Waals surface area contributed by atoms with E-state index in [0.717, 1.165) is 13.1 Å². The molecule has 1 rings (SSSR count). The first kappa shape index (κ1) is 9.26. The van der Waals surface area contributed by atoms with E-state index in [1.807, 2.05) is 7.05 Å². The van der Waals surface area contributed by atoms with Crippen LogP contribution in [0.25, 0.3) is 0 Å². The van der Waals surface area contributed by atoms with Crippen LogP contribution >= 0.6 is 11.6 Å². The Morgan fingerprint density at radius 2 is 2.45 bits per heavy atom. The highest BCUT2D eigenvalue weighted by Gasteiger charge is 2.17. The van der Waals surface area contributed by atoms with E-state index in [9.17, 15) is 0 Å². The molecule has 66 valence electrons. The molecule has 0 amide bonds. The minimum atomic E-state index is 0.239. The topological polar surface area (TPSA) is 21.7 Å². The summed E-state index contributed by atoms with van der Waals surface area (Å²) in [5.74, 6) is 0.671. The fourth-order valence-electron chi connectivity index (χ4n) is 1.06. The summed E-state index contributed by atoms with van der Waals surface area (Å²) in [5, 5.41) is 0. The third kappa shape index (κ3) is 3.38. The summed E-state index contributed by atoms with van der Waals surface area (Å²) in [4.78, 5) is 2.15. The Morgan fingerprint density at radius 1 is 1.64 bits per heavy atom. The highest BCUT2D eigenvalue weighted by molar-refractivity contribution is 6.18. The summed E-state index contributed by atoms with van der Waals surface area (Å²) in [6.45, 7) is 2.97. The van der Waals surface area contributed by atoms with Crippen molar-refractivity contribution in [2.45, 2.75) is 6.10 Å². The second-order valence-corrected chi connectivity index (χ2v) is 3.11. The molecule has 0 spiro atoms. The first-order chi connectivity index (χ1) is 5.33. The van der Waals surface area contributed by atoms with Crippen molar-refractivity contribution in [3.8, 4) is 0 Å². The summed E-state index contributed by atoms with van der Waals surface area (Å²) in [6, 6.07) is 0. The van der Waals surface area contributed by atoms with E-state index in [2.05, 4.69) is 4.90 Å². The summed E-state index contributed by atoms with van der Waals surface area (Å²) in [6.07, 6.45) is 0.239. The Morgan fingerprint density at radius 3 is 3.00 bits per heavy atom. The van der Waals surface area contributed by atoms with Crippen LogP contribution in [0, 0.1) is 0 Å². The van der Waals surface area contributed by atoms with Crippen LogP contribution in [-0.4, -0.2) is 50.4 Å². The van der Waals surface area contributed by atoms with E-state index in [0.29, 0.717) is 19.3 Å². The minimum Gasteiger partial charge on any atom is -0.353 e. The van der Waals surface area contributed by atoms with Gasteiger partial charge in [0.2, 0.25) is 0 Å². The Kier molecular flexibility index (Phi) is 4.15. The quantitative estimate of drug-likeness (QED) is 0.588. The molecule has 0 aromatic rings. The highest BCUT2D eigenvalue weighted by atomic mass is 35.5. The number of hydrogen-bond acceptors (Lipinski definition) is 3. The van der Waals surface area contributed by atoms with Crippen molar-refractivity contribution in [2.24, 2.45) is 0 Å². The van der Waals surface area contributed by atoms with Gasteiger partial charge in [-0.05, 0) is 7.05 Å². The predicted octanol–water partition coefficient (Wildman–Crippen LogP) is 0.530. The second-order valence-electron chi connectivity index (χ2n) is 2.73. The molecule has 0 saturated carbocycles. The number of hydrogen-bond donors (Lipinski definition) is 0. The van der Waals surface area contributed by atoms with Gasteiger partial charge < -0.3 is 14.4 Å². The minimum absolute atomic E-state index is 0.239. The van der Waals surface area contributed by atoms with Gasteiger partial charge >= 0.3 is 0 Å². The lowest BCUT2D eigenvalue weighted by Crippen LogP contribution is -2.31. The molecule has 1 aliphatic heterocycles. The zero-order valence-corrected chi connectivity index (χ0v) is 7.51. The van der Waals surface area contributed by atoms with Crippen molar-refractivity contribution >= 4 is 11.6 Å². The van der Waals surface area contributed by atoms with Crippen LogP contribution in [-0.2, 0) is 9.47 Å². The zero-order valence-electron chi connectivity index (χ0n) is 6.75. The zero-order chi connectivity index (χ0) is 8.10. The third-order valence-electron chi connectivity index (χ3n) is 1.67. The fourth-order valence-corrected chi connectivity index (χ4v) is 1.35. The number of rotatable bonds is 4. The van der Waals surface area contributed by atoms with E-state index >= 15 is 0 Å². The molecular weight excluding hydrogens is 166 g/mol. The lowest BCUT2D eigenvalue weighted by molar-refractivity contribution is 0.0382. The van der Waals surface area contributed by atoms with E-state index in [1.54, 1.807) is 0 Å². The molecule has 1 fully saturated rings. The SMILES string of the molecule is CN(CCCl)CC1COCO1. The molecule has 1 saturated heterocycles. The van der Waals surface area contributed by atoms with Gasteiger partial charge in [-0.1, -0.05) is 0 Å². The summed E-state index contributed by atoms with van der Waals surface area (Å²) >= 11 is 5.57. The monoisotopic (exact) mass is 179 g/mol. The van der Waals surface area contributed by atoms with Crippen molar-refractivity contribution < 1.29 is 9.47 Å². The average Bonchev–Trinajstić information content (AvgIpc) is 2.40. The van der Waals surface area contributed by atoms with Crippen molar-refractivity contribution in [2.75, 3.05) is 39.4 Å². The first-order valence-corrected chi connectivity index (χ1v) is 4.30. The van der Waals surface area contributed by atoms with Crippen LogP contribution in [0.4, 0.5) is 0 Å². The van der Waals surface area contributed by atoms with Crippen molar-refractivity contribution in [1.82, 2.24) is 4.90 Å². The van der Waals surface area contributed by atoms with Gasteiger partial charge in [0, 0.05) is 19.0 Å². The first-order valence-electron chi connectivity index (χ1n) is 3.77. The van der Waals surface area contributed by atoms with Crippen molar-refractivity contribution in [3.05, 3.63) is 0 Å². The van der Waals surface area contributed by atoms with Gasteiger partial charge in [-0.25, -0.2) is 0 Å². The molecule has 0 aromatic heterocycles. The molecule has 0 radical (unpaired) electrons. The molecule has 1 unspecified atom stereocenters. The van der Waals surface area contributed by atoms with Gasteiger partial charge in [0.05, 0.1) is 12.7 Å². The Labute approximate surface area is 72.2 Å². The lowest BCUT2D eigenvalue weighted by Gasteiger charge is -2.17. The molecule has 0 aromatic carbocycles. The van der Waals surface area contributed by atoms with Crippen LogP contribution in [0.15, 0.2) is 0 Å². The number of nitrogens with zero attached hydrogens (tertiary/aromatic N) is 1. The second kappa shape index (κ2) is 4.93. The Balaban J connectivity index is 2.08. The van der Waals surface area contributed by atoms with Crippen LogP contribution < -0.4 is 0 Å². The van der Waals surface area contributed by atoms with Crippen LogP contribution in [0.5, 0.6) is 0 Å². The maximum Gasteiger partial charge on any atom is 0.147 e. The molecule has 4 heteroatoms. The van der Waals surface area contributed by atoms with E-state index in [1.165, 1.54) is 0 Å². The summed E-state index contributed by atoms with van der Waals surface area (Å²) in [7, 11) is 2.03. The predicted molar refractivity (Wildman–Crippen MR) is 43.9 cm³/mol. The molecule has 11 heavy (non-hydrogen) atoms. The van der Waals surface area contributed by atoms with Gasteiger partial charge in [0.15, 0.2) is 0 Å². The van der Waals surface area contributed by atoms with E-state index in [-0.39, 0.29) is 6.10 Å². The Hall–Kier alpha value is 0.170. The summed E-state index contributed by atoms with van der Waals surface area (Å²) in [5.41, 5.74) is 0. The maximum atomic E-state index is 5.57. The molecule has 1 aliphatic rings. The van der Waals surface area contributed by atoms with Crippen LogP contribution in [0.2, 0.25) is 0 Å². The standard InChI is InChI=1S/C7H14ClNO2/c1-9(3-2-8)4-7-5-10-6-11-7/h7H,2-6H2,1H3. The largest absolute Gasteiger partial charge is 0.353 e. The van der Waals surface area contributed by atoms with Gasteiger partial charge in [-0.2, -0.15) is 0 Å². The van der Waals surface area contributed by atoms with Gasteiger partial charge in [-0.3, -0.25) is 0 Å². The molecule has 0 N–H and O–H groups in total. The highest BCUT2D eigenvalue weighted by Crippen LogP contribution is 2.03. The normalized spacial score (nSPS) is 24.8. The number of ether oxygens (including phenoxy) is 2. The van der Waals surface area contributed by atoms with Crippen molar-refractivity contribution in [1.29, 1.82) is 0 Å². The third-order valence-corrected chi connectivity index (χ3v) is 1.84. The smallest absolute Gasteiger partial charge is 0.147 e. The molecule has 0 bridgehead atoms. The average molecular weight is 180 g/mol. The summed E-state index contributed by atoms with van der Waals surface area (Å²) < 4.78 is 10.3. The number of alkyl halides is 1. The van der Waals surface area contributed by atoms with Crippen LogP contribution in [0.1, 0.15) is 0 Å². The Bertz CT molecular complexity index is 107. The number of halogens is 1. The molecule has 3 nitrogen and oxygen atoms in total. The fraction of sp³-hybridized carbons (Fsp3) is 1.00. The van der Waals surface area contributed by atoms with Gasteiger partial charge in [0.1, 0.15) is 6.79 Å². The maximum absolute atomic E-state index is 5.57. The lowest BCUT2D eigenvalue weighted by atomic mass is 10.3.